The molecule has 164 valence electrons. The molecule has 4 rings (SSSR count). The maximum Gasteiger partial charge on any atom is 0.231 e. The van der Waals surface area contributed by atoms with Crippen molar-refractivity contribution in [3.63, 3.8) is 0 Å². The lowest BCUT2D eigenvalue weighted by Gasteiger charge is -2.36. The van der Waals surface area contributed by atoms with E-state index in [1.807, 2.05) is 37.3 Å². The average molecular weight is 536 g/mol. The van der Waals surface area contributed by atoms with E-state index >= 15 is 0 Å². The van der Waals surface area contributed by atoms with Crippen molar-refractivity contribution in [3.8, 4) is 11.4 Å². The fourth-order valence-electron chi connectivity index (χ4n) is 3.39. The quantitative estimate of drug-likeness (QED) is 0.304. The Morgan fingerprint density at radius 1 is 1.10 bits per heavy atom. The van der Waals surface area contributed by atoms with E-state index in [0.29, 0.717) is 24.2 Å². The zero-order chi connectivity index (χ0) is 20.9. The number of rotatable bonds is 5. The monoisotopic (exact) mass is 536 g/mol. The molecule has 31 heavy (non-hydrogen) atoms. The van der Waals surface area contributed by atoms with Crippen LogP contribution in [0.3, 0.4) is 0 Å². The van der Waals surface area contributed by atoms with E-state index in [1.165, 1.54) is 12.1 Å². The van der Waals surface area contributed by atoms with Gasteiger partial charge in [-0.25, -0.2) is 4.39 Å². The highest BCUT2D eigenvalue weighted by Gasteiger charge is 2.20. The van der Waals surface area contributed by atoms with Crippen molar-refractivity contribution in [2.24, 2.45) is 10.7 Å². The molecule has 1 atom stereocenters. The highest BCUT2D eigenvalue weighted by molar-refractivity contribution is 14.0. The fraction of sp³-hybridized carbons (Fsp3) is 0.318. The first-order chi connectivity index (χ1) is 14.6. The third-order valence-electron chi connectivity index (χ3n) is 5.22. The van der Waals surface area contributed by atoms with Crippen molar-refractivity contribution < 1.29 is 8.91 Å². The molecule has 1 aliphatic heterocycles. The predicted molar refractivity (Wildman–Crippen MR) is 130 cm³/mol. The number of hydrogen-bond donors (Lipinski definition) is 1. The summed E-state index contributed by atoms with van der Waals surface area (Å²) in [6.45, 7) is 5.61. The molecule has 0 bridgehead atoms. The number of benzene rings is 2. The van der Waals surface area contributed by atoms with Crippen LogP contribution in [-0.4, -0.2) is 53.7 Å². The first-order valence-electron chi connectivity index (χ1n) is 10.0. The lowest BCUT2D eigenvalue weighted by atomic mass is 10.2. The topological polar surface area (TPSA) is 83.8 Å². The lowest BCUT2D eigenvalue weighted by molar-refractivity contribution is 0.359. The summed E-state index contributed by atoms with van der Waals surface area (Å²) in [6, 6.07) is 16.3. The van der Waals surface area contributed by atoms with E-state index in [1.54, 1.807) is 12.1 Å². The standard InChI is InChI=1S/C22H25FN6O.HI/c1-16(21-26-20(27-30-21)17-5-3-2-4-6-17)15-25-22(24)29-13-11-28(12-14-29)19-9-7-18(23)8-10-19;/h2-10,16H,11-15H2,1H3,(H2,24,25);1H. The molecule has 0 radical (unpaired) electrons. The Bertz CT molecular complexity index is 987. The SMILES string of the molecule is CC(CN=C(N)N1CCN(c2ccc(F)cc2)CC1)c1nc(-c2ccccc2)no1.I. The Morgan fingerprint density at radius 3 is 2.45 bits per heavy atom. The van der Waals surface area contributed by atoms with Crippen molar-refractivity contribution in [1.29, 1.82) is 0 Å². The van der Waals surface area contributed by atoms with E-state index in [-0.39, 0.29) is 35.7 Å². The second-order valence-corrected chi connectivity index (χ2v) is 7.37. The minimum atomic E-state index is -0.222. The van der Waals surface area contributed by atoms with E-state index in [9.17, 15) is 4.39 Å². The van der Waals surface area contributed by atoms with Gasteiger partial charge in [-0.1, -0.05) is 42.4 Å². The van der Waals surface area contributed by atoms with Crippen molar-refractivity contribution in [2.75, 3.05) is 37.6 Å². The van der Waals surface area contributed by atoms with E-state index in [2.05, 4.69) is 24.9 Å². The number of guanidine groups is 1. The smallest absolute Gasteiger partial charge is 0.231 e. The Morgan fingerprint density at radius 2 is 1.77 bits per heavy atom. The van der Waals surface area contributed by atoms with Gasteiger partial charge in [-0.05, 0) is 24.3 Å². The Hall–Kier alpha value is -2.69. The number of halogens is 2. The van der Waals surface area contributed by atoms with Gasteiger partial charge in [-0.15, -0.1) is 24.0 Å². The Balaban J connectivity index is 0.00000272. The maximum atomic E-state index is 13.1. The van der Waals surface area contributed by atoms with Gasteiger partial charge in [0.2, 0.25) is 11.7 Å². The second-order valence-electron chi connectivity index (χ2n) is 7.37. The summed E-state index contributed by atoms with van der Waals surface area (Å²) >= 11 is 0. The second kappa shape index (κ2) is 10.6. The normalized spacial score (nSPS) is 15.5. The van der Waals surface area contributed by atoms with Crippen molar-refractivity contribution >= 4 is 35.6 Å². The van der Waals surface area contributed by atoms with Crippen LogP contribution in [0.15, 0.2) is 64.1 Å². The molecule has 2 heterocycles. The summed E-state index contributed by atoms with van der Waals surface area (Å²) in [4.78, 5) is 13.3. The molecule has 0 amide bonds. The van der Waals surface area contributed by atoms with Crippen LogP contribution in [0.4, 0.5) is 10.1 Å². The lowest BCUT2D eigenvalue weighted by Crippen LogP contribution is -2.51. The molecule has 2 aromatic carbocycles. The van der Waals surface area contributed by atoms with Crippen LogP contribution in [0.25, 0.3) is 11.4 Å². The molecule has 7 nitrogen and oxygen atoms in total. The molecule has 0 spiro atoms. The molecule has 0 aliphatic carbocycles. The number of piperazine rings is 1. The molecule has 1 saturated heterocycles. The summed E-state index contributed by atoms with van der Waals surface area (Å²) < 4.78 is 18.5. The molecule has 1 aromatic heterocycles. The number of aromatic nitrogens is 2. The third kappa shape index (κ3) is 5.72. The molecular formula is C22H26FIN6O. The van der Waals surface area contributed by atoms with Crippen LogP contribution >= 0.6 is 24.0 Å². The number of hydrogen-bond acceptors (Lipinski definition) is 5. The van der Waals surface area contributed by atoms with Crippen molar-refractivity contribution in [1.82, 2.24) is 15.0 Å². The van der Waals surface area contributed by atoms with Crippen LogP contribution < -0.4 is 10.6 Å². The first-order valence-corrected chi connectivity index (χ1v) is 10.0. The zero-order valence-corrected chi connectivity index (χ0v) is 19.6. The van der Waals surface area contributed by atoms with Crippen LogP contribution in [0.5, 0.6) is 0 Å². The summed E-state index contributed by atoms with van der Waals surface area (Å²) in [5.41, 5.74) is 8.15. The van der Waals surface area contributed by atoms with E-state index < -0.39 is 0 Å². The maximum absolute atomic E-state index is 13.1. The van der Waals surface area contributed by atoms with E-state index in [0.717, 1.165) is 37.4 Å². The van der Waals surface area contributed by atoms with Gasteiger partial charge in [0.1, 0.15) is 5.82 Å². The molecule has 1 aliphatic rings. The van der Waals surface area contributed by atoms with Gasteiger partial charge in [0, 0.05) is 37.4 Å². The minimum Gasteiger partial charge on any atom is -0.370 e. The minimum absolute atomic E-state index is 0. The van der Waals surface area contributed by atoms with Gasteiger partial charge in [0.15, 0.2) is 5.96 Å². The van der Waals surface area contributed by atoms with Gasteiger partial charge in [0.05, 0.1) is 12.5 Å². The average Bonchev–Trinajstić information content (AvgIpc) is 3.29. The molecule has 3 aromatic rings. The first kappa shape index (κ1) is 23.0. The summed E-state index contributed by atoms with van der Waals surface area (Å²) in [5, 5.41) is 4.06. The predicted octanol–water partition coefficient (Wildman–Crippen LogP) is 3.73. The number of nitrogens with zero attached hydrogens (tertiary/aromatic N) is 5. The molecular weight excluding hydrogens is 510 g/mol. The van der Waals surface area contributed by atoms with Gasteiger partial charge in [0.25, 0.3) is 0 Å². The zero-order valence-electron chi connectivity index (χ0n) is 17.3. The third-order valence-corrected chi connectivity index (χ3v) is 5.22. The van der Waals surface area contributed by atoms with E-state index in [4.69, 9.17) is 10.3 Å². The van der Waals surface area contributed by atoms with Crippen LogP contribution in [0, 0.1) is 5.82 Å². The van der Waals surface area contributed by atoms with Crippen molar-refractivity contribution in [2.45, 2.75) is 12.8 Å². The Labute approximate surface area is 198 Å². The van der Waals surface area contributed by atoms with Gasteiger partial charge < -0.3 is 20.1 Å². The Kier molecular flexibility index (Phi) is 7.83. The summed E-state index contributed by atoms with van der Waals surface area (Å²) in [7, 11) is 0. The van der Waals surface area contributed by atoms with Crippen LogP contribution in [0.2, 0.25) is 0 Å². The summed E-state index contributed by atoms with van der Waals surface area (Å²) in [6.07, 6.45) is 0. The summed E-state index contributed by atoms with van der Waals surface area (Å²) in [5.74, 6) is 1.38. The molecule has 0 saturated carbocycles. The number of nitrogens with two attached hydrogens (primary N) is 1. The molecule has 1 unspecified atom stereocenters. The van der Waals surface area contributed by atoms with Gasteiger partial charge >= 0.3 is 0 Å². The largest absolute Gasteiger partial charge is 0.370 e. The molecule has 2 N–H and O–H groups in total. The fourth-order valence-corrected chi connectivity index (χ4v) is 3.39. The van der Waals surface area contributed by atoms with Gasteiger partial charge in [-0.3, -0.25) is 4.99 Å². The highest BCUT2D eigenvalue weighted by Crippen LogP contribution is 2.20. The highest BCUT2D eigenvalue weighted by atomic mass is 127. The number of anilines is 1. The van der Waals surface area contributed by atoms with Gasteiger partial charge in [-0.2, -0.15) is 4.98 Å². The van der Waals surface area contributed by atoms with Crippen LogP contribution in [0.1, 0.15) is 18.7 Å². The van der Waals surface area contributed by atoms with Crippen LogP contribution in [-0.2, 0) is 0 Å². The molecule has 9 heteroatoms. The molecule has 1 fully saturated rings. The number of aliphatic imine (C=N–C) groups is 1. The van der Waals surface area contributed by atoms with Crippen molar-refractivity contribution in [3.05, 3.63) is 66.3 Å².